The van der Waals surface area contributed by atoms with Crippen LogP contribution in [0.4, 0.5) is 13.2 Å². The van der Waals surface area contributed by atoms with Gasteiger partial charge in [0.2, 0.25) is 5.82 Å². The average molecular weight is 357 g/mol. The summed E-state index contributed by atoms with van der Waals surface area (Å²) in [5, 5.41) is 12.1. The molecule has 10 heteroatoms. The van der Waals surface area contributed by atoms with Gasteiger partial charge in [0.25, 0.3) is 5.91 Å². The Bertz CT molecular complexity index is 771. The third-order valence-electron chi connectivity index (χ3n) is 3.37. The molecule has 1 aromatic carbocycles. The minimum Gasteiger partial charge on any atom is -0.481 e. The van der Waals surface area contributed by atoms with E-state index in [-0.39, 0.29) is 23.5 Å². The Morgan fingerprint density at radius 1 is 1.28 bits per heavy atom. The van der Waals surface area contributed by atoms with Gasteiger partial charge in [0, 0.05) is 24.7 Å². The topological polar surface area (TPSA) is 96.5 Å². The van der Waals surface area contributed by atoms with Crippen LogP contribution in [0.3, 0.4) is 0 Å². The number of carbonyl (C=O) groups is 2. The van der Waals surface area contributed by atoms with Crippen LogP contribution in [0.15, 0.2) is 28.8 Å². The maximum atomic E-state index is 12.4. The first-order valence-electron chi connectivity index (χ1n) is 7.09. The highest BCUT2D eigenvalue weighted by Gasteiger charge is 2.38. The summed E-state index contributed by atoms with van der Waals surface area (Å²) >= 11 is 0. The van der Waals surface area contributed by atoms with Crippen molar-refractivity contribution < 1.29 is 32.4 Å². The molecule has 7 nitrogen and oxygen atoms in total. The van der Waals surface area contributed by atoms with Crippen molar-refractivity contribution in [3.8, 4) is 11.4 Å². The highest BCUT2D eigenvalue weighted by Crippen LogP contribution is 2.29. The van der Waals surface area contributed by atoms with E-state index in [1.165, 1.54) is 43.1 Å². The third-order valence-corrected chi connectivity index (χ3v) is 3.37. The number of alkyl halides is 3. The van der Waals surface area contributed by atoms with Crippen molar-refractivity contribution in [1.82, 2.24) is 15.0 Å². The monoisotopic (exact) mass is 357 g/mol. The molecule has 0 spiro atoms. The fourth-order valence-corrected chi connectivity index (χ4v) is 2.01. The van der Waals surface area contributed by atoms with Crippen molar-refractivity contribution in [3.05, 3.63) is 35.7 Å². The molecule has 1 aromatic heterocycles. The van der Waals surface area contributed by atoms with Gasteiger partial charge in [-0.25, -0.2) is 0 Å². The van der Waals surface area contributed by atoms with Crippen LogP contribution in [-0.2, 0) is 11.0 Å². The van der Waals surface area contributed by atoms with E-state index in [1.54, 1.807) is 0 Å². The number of carboxylic acids is 1. The number of benzene rings is 1. The Morgan fingerprint density at radius 2 is 1.88 bits per heavy atom. The minimum absolute atomic E-state index is 0.0235. The number of aliphatic carboxylic acids is 1. The number of rotatable bonds is 5. The van der Waals surface area contributed by atoms with Crippen LogP contribution in [0, 0.1) is 5.92 Å². The summed E-state index contributed by atoms with van der Waals surface area (Å²) in [6, 6.07) is 5.55. The van der Waals surface area contributed by atoms with E-state index in [9.17, 15) is 22.8 Å². The lowest BCUT2D eigenvalue weighted by Gasteiger charge is -2.19. The summed E-state index contributed by atoms with van der Waals surface area (Å²) in [5.41, 5.74) is 0.501. The summed E-state index contributed by atoms with van der Waals surface area (Å²) in [7, 11) is 1.46. The molecule has 0 aliphatic carbocycles. The second-order valence-electron chi connectivity index (χ2n) is 5.42. The molecule has 0 radical (unpaired) electrons. The van der Waals surface area contributed by atoms with E-state index >= 15 is 0 Å². The second-order valence-corrected chi connectivity index (χ2v) is 5.42. The minimum atomic E-state index is -4.73. The third kappa shape index (κ3) is 4.34. The smallest absolute Gasteiger partial charge is 0.471 e. The predicted molar refractivity (Wildman–Crippen MR) is 78.5 cm³/mol. The van der Waals surface area contributed by atoms with Gasteiger partial charge in [-0.1, -0.05) is 24.2 Å². The second kappa shape index (κ2) is 6.91. The van der Waals surface area contributed by atoms with Crippen molar-refractivity contribution in [3.63, 3.8) is 0 Å². The molecule has 0 fully saturated rings. The zero-order valence-electron chi connectivity index (χ0n) is 13.2. The Kier molecular flexibility index (Phi) is 5.10. The van der Waals surface area contributed by atoms with Gasteiger partial charge in [0.05, 0.1) is 5.92 Å². The Balaban J connectivity index is 2.12. The maximum absolute atomic E-state index is 12.4. The zero-order valence-corrected chi connectivity index (χ0v) is 13.2. The molecule has 1 heterocycles. The van der Waals surface area contributed by atoms with Gasteiger partial charge >= 0.3 is 18.0 Å². The normalized spacial score (nSPS) is 12.7. The lowest BCUT2D eigenvalue weighted by atomic mass is 10.1. The van der Waals surface area contributed by atoms with E-state index < -0.39 is 29.9 Å². The van der Waals surface area contributed by atoms with E-state index in [0.29, 0.717) is 0 Å². The summed E-state index contributed by atoms with van der Waals surface area (Å²) in [6.45, 7) is 1.50. The standard InChI is InChI=1S/C15H14F3N3O4/c1-8(13(23)24)7-21(2)12(22)10-5-3-9(4-6-10)11-19-14(25-20-11)15(16,17)18/h3-6,8H,7H2,1-2H3,(H,23,24). The molecule has 0 saturated carbocycles. The molecule has 1 atom stereocenters. The first-order valence-corrected chi connectivity index (χ1v) is 7.09. The molecule has 1 N–H and O–H groups in total. The molecular weight excluding hydrogens is 343 g/mol. The largest absolute Gasteiger partial charge is 0.481 e. The number of carboxylic acid groups (broad SMARTS) is 1. The van der Waals surface area contributed by atoms with Crippen LogP contribution in [0.2, 0.25) is 0 Å². The number of carbonyl (C=O) groups excluding carboxylic acids is 1. The molecule has 1 unspecified atom stereocenters. The Hall–Kier alpha value is -2.91. The molecule has 1 amide bonds. The number of hydrogen-bond donors (Lipinski definition) is 1. The lowest BCUT2D eigenvalue weighted by Crippen LogP contribution is -2.33. The van der Waals surface area contributed by atoms with E-state index in [1.807, 2.05) is 0 Å². The van der Waals surface area contributed by atoms with Gasteiger partial charge in [-0.15, -0.1) is 0 Å². The molecule has 134 valence electrons. The van der Waals surface area contributed by atoms with E-state index in [4.69, 9.17) is 5.11 Å². The SMILES string of the molecule is CC(CN(C)C(=O)c1ccc(-c2noc(C(F)(F)F)n2)cc1)C(=O)O. The number of nitrogens with zero attached hydrogens (tertiary/aromatic N) is 3. The highest BCUT2D eigenvalue weighted by molar-refractivity contribution is 5.94. The molecular formula is C15H14F3N3O4. The Labute approximate surface area is 140 Å². The fourth-order valence-electron chi connectivity index (χ4n) is 2.01. The predicted octanol–water partition coefficient (Wildman–Crippen LogP) is 2.55. The van der Waals surface area contributed by atoms with Crippen molar-refractivity contribution in [2.45, 2.75) is 13.1 Å². The summed E-state index contributed by atoms with van der Waals surface area (Å²) in [5.74, 6) is -3.87. The van der Waals surface area contributed by atoms with Crippen LogP contribution in [-0.4, -0.2) is 45.6 Å². The summed E-state index contributed by atoms with van der Waals surface area (Å²) in [6.07, 6.45) is -4.73. The van der Waals surface area contributed by atoms with Gasteiger partial charge in [0.15, 0.2) is 0 Å². The van der Waals surface area contributed by atoms with Crippen LogP contribution >= 0.6 is 0 Å². The number of amides is 1. The van der Waals surface area contributed by atoms with Crippen LogP contribution in [0.1, 0.15) is 23.2 Å². The Morgan fingerprint density at radius 3 is 2.36 bits per heavy atom. The van der Waals surface area contributed by atoms with Gasteiger partial charge < -0.3 is 14.5 Å². The fraction of sp³-hybridized carbons (Fsp3) is 0.333. The van der Waals surface area contributed by atoms with Gasteiger partial charge in [-0.2, -0.15) is 18.2 Å². The van der Waals surface area contributed by atoms with Gasteiger partial charge in [-0.05, 0) is 12.1 Å². The summed E-state index contributed by atoms with van der Waals surface area (Å²) in [4.78, 5) is 27.6. The number of aromatic nitrogens is 2. The van der Waals surface area contributed by atoms with Crippen molar-refractivity contribution >= 4 is 11.9 Å². The van der Waals surface area contributed by atoms with Gasteiger partial charge in [0.1, 0.15) is 0 Å². The maximum Gasteiger partial charge on any atom is 0.471 e. The molecule has 25 heavy (non-hydrogen) atoms. The van der Waals surface area contributed by atoms with E-state index in [0.717, 1.165) is 0 Å². The van der Waals surface area contributed by atoms with Gasteiger partial charge in [-0.3, -0.25) is 9.59 Å². The quantitative estimate of drug-likeness (QED) is 0.883. The van der Waals surface area contributed by atoms with E-state index in [2.05, 4.69) is 14.7 Å². The average Bonchev–Trinajstić information content (AvgIpc) is 3.04. The lowest BCUT2D eigenvalue weighted by molar-refractivity contribution is -0.159. The molecule has 0 aliphatic heterocycles. The molecule has 0 aliphatic rings. The van der Waals surface area contributed by atoms with Crippen molar-refractivity contribution in [1.29, 1.82) is 0 Å². The van der Waals surface area contributed by atoms with Crippen LogP contribution in [0.5, 0.6) is 0 Å². The van der Waals surface area contributed by atoms with Crippen LogP contribution < -0.4 is 0 Å². The number of hydrogen-bond acceptors (Lipinski definition) is 5. The highest BCUT2D eigenvalue weighted by atomic mass is 19.4. The van der Waals surface area contributed by atoms with Crippen molar-refractivity contribution in [2.24, 2.45) is 5.92 Å². The molecule has 0 bridgehead atoms. The number of halogens is 3. The summed E-state index contributed by atoms with van der Waals surface area (Å²) < 4.78 is 41.5. The first-order chi connectivity index (χ1) is 11.6. The molecule has 2 rings (SSSR count). The zero-order chi connectivity index (χ0) is 18.8. The first kappa shape index (κ1) is 18.4. The van der Waals surface area contributed by atoms with Crippen molar-refractivity contribution in [2.75, 3.05) is 13.6 Å². The van der Waals surface area contributed by atoms with Crippen LogP contribution in [0.25, 0.3) is 11.4 Å². The molecule has 2 aromatic rings. The molecule has 0 saturated heterocycles.